The van der Waals surface area contributed by atoms with Gasteiger partial charge in [-0.15, -0.1) is 6.58 Å². The summed E-state index contributed by atoms with van der Waals surface area (Å²) in [5.74, 6) is -0.0187. The third-order valence-corrected chi connectivity index (χ3v) is 7.36. The van der Waals surface area contributed by atoms with Crippen LogP contribution in [0.1, 0.15) is 65.7 Å². The topological polar surface area (TPSA) is 40.1 Å². The van der Waals surface area contributed by atoms with Crippen LogP contribution in [0.2, 0.25) is 0 Å². The van der Waals surface area contributed by atoms with Crippen molar-refractivity contribution in [3.63, 3.8) is 0 Å². The van der Waals surface area contributed by atoms with Crippen LogP contribution in [0.5, 0.6) is 0 Å². The predicted molar refractivity (Wildman–Crippen MR) is 86.9 cm³/mol. The number of hydrogen-bond donors (Lipinski definition) is 0. The first-order valence-corrected chi connectivity index (χ1v) is 8.82. The summed E-state index contributed by atoms with van der Waals surface area (Å²) >= 11 is 0. The molecule has 0 heterocycles. The zero-order valence-corrected chi connectivity index (χ0v) is 17.3. The summed E-state index contributed by atoms with van der Waals surface area (Å²) in [6, 6.07) is 0. The molecule has 3 aliphatic carbocycles. The molecule has 0 saturated heterocycles. The summed E-state index contributed by atoms with van der Waals surface area (Å²) in [7, 11) is 0. The van der Waals surface area contributed by atoms with Gasteiger partial charge < -0.3 is 9.90 Å². The number of rotatable bonds is 2. The minimum absolute atomic E-state index is 0. The van der Waals surface area contributed by atoms with Gasteiger partial charge >= 0.3 is 29.6 Å². The Labute approximate surface area is 163 Å². The SMILES string of the molecule is C=C[C@]1(C)C=C2CC[C@H]3[C@@](C)(CCC[C@@]3(C)C(=O)[O-])[C@@H]2CC1.[Na+]. The van der Waals surface area contributed by atoms with E-state index < -0.39 is 11.4 Å². The molecule has 0 unspecified atom stereocenters. The van der Waals surface area contributed by atoms with Gasteiger partial charge in [0.2, 0.25) is 0 Å². The fraction of sp³-hybridized carbons (Fsp3) is 0.750. The molecule has 3 heteroatoms. The molecule has 23 heavy (non-hydrogen) atoms. The number of aliphatic carboxylic acids is 1. The van der Waals surface area contributed by atoms with Crippen LogP contribution < -0.4 is 34.7 Å². The summed E-state index contributed by atoms with van der Waals surface area (Å²) in [5, 5.41) is 11.8. The van der Waals surface area contributed by atoms with Crippen molar-refractivity contribution in [2.24, 2.45) is 28.1 Å². The number of carboxylic acids is 1. The number of allylic oxidation sites excluding steroid dienone is 3. The zero-order chi connectivity index (χ0) is 16.2. The normalized spacial score (nSPS) is 45.8. The van der Waals surface area contributed by atoms with Gasteiger partial charge in [0.1, 0.15) is 0 Å². The van der Waals surface area contributed by atoms with E-state index in [-0.39, 0.29) is 46.3 Å². The molecule has 0 aromatic heterocycles. The van der Waals surface area contributed by atoms with Crippen LogP contribution in [0.25, 0.3) is 0 Å². The number of carboxylic acid groups (broad SMARTS) is 1. The second-order valence-electron chi connectivity index (χ2n) is 8.68. The second kappa shape index (κ2) is 6.35. The van der Waals surface area contributed by atoms with Crippen molar-refractivity contribution in [3.05, 3.63) is 24.3 Å². The third kappa shape index (κ3) is 2.89. The van der Waals surface area contributed by atoms with Crippen LogP contribution in [0, 0.1) is 28.1 Å². The van der Waals surface area contributed by atoms with Crippen molar-refractivity contribution in [2.45, 2.75) is 65.7 Å². The maximum atomic E-state index is 11.8. The fourth-order valence-electron chi connectivity index (χ4n) is 5.93. The Morgan fingerprint density at radius 1 is 1.26 bits per heavy atom. The molecule has 2 saturated carbocycles. The van der Waals surface area contributed by atoms with Gasteiger partial charge in [0.25, 0.3) is 0 Å². The number of carbonyl (C=O) groups excluding carboxylic acids is 1. The van der Waals surface area contributed by atoms with Crippen molar-refractivity contribution in [1.82, 2.24) is 0 Å². The van der Waals surface area contributed by atoms with E-state index >= 15 is 0 Å². The molecular formula is C20H29NaO2. The maximum Gasteiger partial charge on any atom is 1.00 e. The van der Waals surface area contributed by atoms with Crippen molar-refractivity contribution >= 4 is 5.97 Å². The minimum atomic E-state index is -0.831. The second-order valence-corrected chi connectivity index (χ2v) is 8.68. The summed E-state index contributed by atoms with van der Waals surface area (Å²) in [6.07, 6.45) is 11.8. The number of hydrogen-bond acceptors (Lipinski definition) is 2. The molecule has 2 nitrogen and oxygen atoms in total. The molecule has 5 atom stereocenters. The van der Waals surface area contributed by atoms with E-state index in [1.165, 1.54) is 6.42 Å². The van der Waals surface area contributed by atoms with E-state index in [4.69, 9.17) is 0 Å². The van der Waals surface area contributed by atoms with E-state index in [9.17, 15) is 9.90 Å². The van der Waals surface area contributed by atoms with Crippen LogP contribution in [0.4, 0.5) is 0 Å². The van der Waals surface area contributed by atoms with Crippen LogP contribution in [0.15, 0.2) is 24.3 Å². The summed E-state index contributed by atoms with van der Waals surface area (Å²) < 4.78 is 0. The molecular weight excluding hydrogens is 295 g/mol. The summed E-state index contributed by atoms with van der Waals surface area (Å²) in [6.45, 7) is 10.6. The molecule has 0 bridgehead atoms. The van der Waals surface area contributed by atoms with Crippen LogP contribution in [-0.4, -0.2) is 5.97 Å². The number of fused-ring (bicyclic) bond motifs is 3. The van der Waals surface area contributed by atoms with Gasteiger partial charge in [0.05, 0.1) is 0 Å². The Bertz CT molecular complexity index is 540. The molecule has 0 N–H and O–H groups in total. The van der Waals surface area contributed by atoms with Gasteiger partial charge in [-0.1, -0.05) is 44.9 Å². The molecule has 3 aliphatic rings. The summed E-state index contributed by atoms with van der Waals surface area (Å²) in [5.41, 5.74) is 1.17. The Kier molecular flexibility index (Phi) is 5.32. The molecule has 3 rings (SSSR count). The van der Waals surface area contributed by atoms with Crippen molar-refractivity contribution in [3.8, 4) is 0 Å². The molecule has 122 valence electrons. The smallest absolute Gasteiger partial charge is 0.550 e. The van der Waals surface area contributed by atoms with Gasteiger partial charge in [-0.2, -0.15) is 0 Å². The van der Waals surface area contributed by atoms with Gasteiger partial charge in [0, 0.05) is 16.8 Å². The third-order valence-electron chi connectivity index (χ3n) is 7.36. The molecule has 0 radical (unpaired) electrons. The maximum absolute atomic E-state index is 11.8. The van der Waals surface area contributed by atoms with Crippen molar-refractivity contribution in [1.29, 1.82) is 0 Å². The Morgan fingerprint density at radius 3 is 2.57 bits per heavy atom. The van der Waals surface area contributed by atoms with Crippen molar-refractivity contribution < 1.29 is 39.5 Å². The van der Waals surface area contributed by atoms with E-state index in [1.54, 1.807) is 5.57 Å². The molecule has 0 aliphatic heterocycles. The average molecular weight is 324 g/mol. The van der Waals surface area contributed by atoms with E-state index in [1.807, 2.05) is 6.92 Å². The first-order valence-electron chi connectivity index (χ1n) is 8.82. The zero-order valence-electron chi connectivity index (χ0n) is 15.3. The molecule has 0 aromatic rings. The quantitative estimate of drug-likeness (QED) is 0.559. The molecule has 0 amide bonds. The Morgan fingerprint density at radius 2 is 1.96 bits per heavy atom. The van der Waals surface area contributed by atoms with Gasteiger partial charge in [-0.25, -0.2) is 0 Å². The van der Waals surface area contributed by atoms with Gasteiger partial charge in [-0.3, -0.25) is 0 Å². The van der Waals surface area contributed by atoms with Crippen LogP contribution >= 0.6 is 0 Å². The van der Waals surface area contributed by atoms with Gasteiger partial charge in [-0.05, 0) is 55.8 Å². The van der Waals surface area contributed by atoms with E-state index in [2.05, 4.69) is 32.6 Å². The van der Waals surface area contributed by atoms with Gasteiger partial charge in [0.15, 0.2) is 0 Å². The van der Waals surface area contributed by atoms with E-state index in [0.29, 0.717) is 5.92 Å². The largest absolute Gasteiger partial charge is 1.00 e. The standard InChI is InChI=1S/C20H30O2.Na/c1-5-18(2)12-9-15-14(13-18)7-8-16-19(15,3)10-6-11-20(16,4)17(21)22;/h5,13,15-16H,1,6-12H2,2-4H3,(H,21,22);/q;+1/p-1/t15-,16+,18+,19+,20-;/m1./s1. The average Bonchev–Trinajstić information content (AvgIpc) is 2.46. The van der Waals surface area contributed by atoms with E-state index in [0.717, 1.165) is 38.5 Å². The molecule has 0 spiro atoms. The molecule has 0 aromatic carbocycles. The summed E-state index contributed by atoms with van der Waals surface area (Å²) in [4.78, 5) is 11.8. The van der Waals surface area contributed by atoms with Crippen molar-refractivity contribution in [2.75, 3.05) is 0 Å². The monoisotopic (exact) mass is 324 g/mol. The minimum Gasteiger partial charge on any atom is -0.550 e. The number of carbonyl (C=O) groups is 1. The predicted octanol–water partition coefficient (Wildman–Crippen LogP) is 0.876. The first kappa shape index (κ1) is 19.3. The van der Waals surface area contributed by atoms with Crippen LogP contribution in [0.3, 0.4) is 0 Å². The Hall–Kier alpha value is -0.0500. The Balaban J connectivity index is 0.00000192. The molecule has 2 fully saturated rings. The fourth-order valence-corrected chi connectivity index (χ4v) is 5.93. The van der Waals surface area contributed by atoms with Crippen LogP contribution in [-0.2, 0) is 4.79 Å². The first-order chi connectivity index (χ1) is 10.3.